The number of hydrogen-bond donors (Lipinski definition) is 0. The number of rotatable bonds is 2. The van der Waals surface area contributed by atoms with Crippen molar-refractivity contribution in [2.24, 2.45) is 7.05 Å². The largest absolute Gasteiger partial charge is 0.469 e. The van der Waals surface area contributed by atoms with E-state index in [-0.39, 0.29) is 17.8 Å². The molecule has 24 heavy (non-hydrogen) atoms. The summed E-state index contributed by atoms with van der Waals surface area (Å²) in [6.07, 6.45) is 2.13. The third kappa shape index (κ3) is 2.54. The minimum absolute atomic E-state index is 0.185. The zero-order valence-electron chi connectivity index (χ0n) is 13.5. The maximum absolute atomic E-state index is 12.9. The quantitative estimate of drug-likeness (QED) is 0.794. The van der Waals surface area contributed by atoms with Crippen molar-refractivity contribution in [1.29, 1.82) is 5.26 Å². The average Bonchev–Trinajstić information content (AvgIpc) is 3.00. The average molecular weight is 323 g/mol. The second-order valence-electron chi connectivity index (χ2n) is 5.72. The number of fused-ring (bicyclic) bond motifs is 1. The van der Waals surface area contributed by atoms with E-state index in [1.165, 1.54) is 7.11 Å². The molecule has 1 aliphatic heterocycles. The zero-order chi connectivity index (χ0) is 17.3. The van der Waals surface area contributed by atoms with E-state index in [1.807, 2.05) is 30.3 Å². The van der Waals surface area contributed by atoms with Gasteiger partial charge in [-0.15, -0.1) is 0 Å². The highest BCUT2D eigenvalue weighted by molar-refractivity contribution is 6.06. The first kappa shape index (κ1) is 15.8. The number of nitrogens with zero attached hydrogens (tertiary/aromatic N) is 3. The standard InChI is InChI=1S/C18H17N3O3/c1-20-11-12(10-19)9-16(20)17(22)21-8-7-14(18(23)24-2)13-5-3-4-6-15(13)21/h3-6,9,11,14H,7-8H2,1-2H3/t14-/m1/s1. The van der Waals surface area contributed by atoms with Gasteiger partial charge in [-0.1, -0.05) is 18.2 Å². The summed E-state index contributed by atoms with van der Waals surface area (Å²) in [7, 11) is 3.11. The summed E-state index contributed by atoms with van der Waals surface area (Å²) in [4.78, 5) is 26.6. The fraction of sp³-hybridized carbons (Fsp3) is 0.278. The zero-order valence-corrected chi connectivity index (χ0v) is 13.5. The first-order chi connectivity index (χ1) is 11.6. The van der Waals surface area contributed by atoms with Crippen molar-refractivity contribution in [3.63, 3.8) is 0 Å². The molecular weight excluding hydrogens is 306 g/mol. The Labute approximate surface area is 139 Å². The Hall–Kier alpha value is -3.07. The summed E-state index contributed by atoms with van der Waals surface area (Å²) >= 11 is 0. The molecule has 0 saturated heterocycles. The smallest absolute Gasteiger partial charge is 0.313 e. The molecule has 0 N–H and O–H groups in total. The number of carbonyl (C=O) groups excluding carboxylic acids is 2. The van der Waals surface area contributed by atoms with Crippen LogP contribution in [0.4, 0.5) is 5.69 Å². The Kier molecular flexibility index (Phi) is 4.09. The predicted molar refractivity (Wildman–Crippen MR) is 87.6 cm³/mol. The second-order valence-corrected chi connectivity index (χ2v) is 5.72. The molecule has 0 aliphatic carbocycles. The minimum atomic E-state index is -0.363. The lowest BCUT2D eigenvalue weighted by molar-refractivity contribution is -0.142. The molecule has 122 valence electrons. The Balaban J connectivity index is 2.00. The number of anilines is 1. The van der Waals surface area contributed by atoms with Crippen molar-refractivity contribution >= 4 is 17.6 Å². The number of benzene rings is 1. The number of para-hydroxylation sites is 1. The fourth-order valence-corrected chi connectivity index (χ4v) is 3.14. The molecule has 1 amide bonds. The molecule has 0 spiro atoms. The van der Waals surface area contributed by atoms with Gasteiger partial charge in [-0.3, -0.25) is 9.59 Å². The van der Waals surface area contributed by atoms with Gasteiger partial charge in [0, 0.05) is 25.5 Å². The van der Waals surface area contributed by atoms with Crippen LogP contribution in [0.5, 0.6) is 0 Å². The molecule has 6 heteroatoms. The number of aryl methyl sites for hydroxylation is 1. The maximum atomic E-state index is 12.9. The summed E-state index contributed by atoms with van der Waals surface area (Å²) < 4.78 is 6.53. The monoisotopic (exact) mass is 323 g/mol. The topological polar surface area (TPSA) is 75.3 Å². The van der Waals surface area contributed by atoms with Gasteiger partial charge in [0.25, 0.3) is 5.91 Å². The van der Waals surface area contributed by atoms with E-state index in [2.05, 4.69) is 0 Å². The third-order valence-electron chi connectivity index (χ3n) is 4.33. The molecule has 0 unspecified atom stereocenters. The number of amides is 1. The van der Waals surface area contributed by atoms with Crippen LogP contribution in [0.3, 0.4) is 0 Å². The van der Waals surface area contributed by atoms with Crippen LogP contribution in [0.1, 0.15) is 34.0 Å². The molecule has 0 fully saturated rings. The van der Waals surface area contributed by atoms with E-state index in [0.29, 0.717) is 29.9 Å². The van der Waals surface area contributed by atoms with Crippen LogP contribution in [-0.2, 0) is 16.6 Å². The van der Waals surface area contributed by atoms with Gasteiger partial charge in [-0.2, -0.15) is 5.26 Å². The Morgan fingerprint density at radius 2 is 2.08 bits per heavy atom. The molecule has 6 nitrogen and oxygen atoms in total. The normalized spacial score (nSPS) is 16.2. The summed E-state index contributed by atoms with van der Waals surface area (Å²) in [5.41, 5.74) is 2.39. The highest BCUT2D eigenvalue weighted by Gasteiger charge is 2.34. The lowest BCUT2D eigenvalue weighted by atomic mass is 9.89. The van der Waals surface area contributed by atoms with Gasteiger partial charge in [0.05, 0.1) is 18.6 Å². The lowest BCUT2D eigenvalue weighted by Gasteiger charge is -2.33. The molecule has 1 atom stereocenters. The van der Waals surface area contributed by atoms with Crippen LogP contribution in [0.15, 0.2) is 36.5 Å². The number of nitriles is 1. The SMILES string of the molecule is COC(=O)[C@@H]1CCN(C(=O)c2cc(C#N)cn2C)c2ccccc21. The third-order valence-corrected chi connectivity index (χ3v) is 4.33. The Morgan fingerprint density at radius 1 is 1.33 bits per heavy atom. The maximum Gasteiger partial charge on any atom is 0.313 e. The number of aromatic nitrogens is 1. The van der Waals surface area contributed by atoms with Crippen molar-refractivity contribution in [2.45, 2.75) is 12.3 Å². The van der Waals surface area contributed by atoms with Gasteiger partial charge in [0.1, 0.15) is 11.8 Å². The molecule has 0 radical (unpaired) electrons. The van der Waals surface area contributed by atoms with Gasteiger partial charge in [-0.25, -0.2) is 0 Å². The Bertz CT molecular complexity index is 847. The van der Waals surface area contributed by atoms with Crippen LogP contribution < -0.4 is 4.90 Å². The number of ether oxygens (including phenoxy) is 1. The van der Waals surface area contributed by atoms with Gasteiger partial charge >= 0.3 is 5.97 Å². The molecule has 2 aromatic rings. The molecule has 0 saturated carbocycles. The number of methoxy groups -OCH3 is 1. The van der Waals surface area contributed by atoms with Crippen LogP contribution in [0.25, 0.3) is 0 Å². The summed E-state index contributed by atoms with van der Waals surface area (Å²) in [5, 5.41) is 9.01. The van der Waals surface area contributed by atoms with Gasteiger partial charge in [0.15, 0.2) is 0 Å². The van der Waals surface area contributed by atoms with Gasteiger partial charge in [-0.05, 0) is 24.1 Å². The van der Waals surface area contributed by atoms with E-state index >= 15 is 0 Å². The number of carbonyl (C=O) groups is 2. The summed E-state index contributed by atoms with van der Waals surface area (Å²) in [6, 6.07) is 11.0. The van der Waals surface area contributed by atoms with Crippen molar-refractivity contribution in [3.05, 3.63) is 53.3 Å². The van der Waals surface area contributed by atoms with Crippen molar-refractivity contribution in [2.75, 3.05) is 18.6 Å². The first-order valence-corrected chi connectivity index (χ1v) is 7.62. The molecule has 3 rings (SSSR count). The van der Waals surface area contributed by atoms with Crippen LogP contribution >= 0.6 is 0 Å². The molecule has 1 aromatic heterocycles. The van der Waals surface area contributed by atoms with Crippen molar-refractivity contribution < 1.29 is 14.3 Å². The Morgan fingerprint density at radius 3 is 2.75 bits per heavy atom. The molecule has 2 heterocycles. The number of hydrogen-bond acceptors (Lipinski definition) is 4. The van der Waals surface area contributed by atoms with E-state index in [1.54, 1.807) is 28.8 Å². The lowest BCUT2D eigenvalue weighted by Crippen LogP contribution is -2.39. The van der Waals surface area contributed by atoms with Gasteiger partial charge < -0.3 is 14.2 Å². The number of esters is 1. The van der Waals surface area contributed by atoms with Gasteiger partial charge in [0.2, 0.25) is 0 Å². The first-order valence-electron chi connectivity index (χ1n) is 7.62. The van der Waals surface area contributed by atoms with Crippen LogP contribution in [0.2, 0.25) is 0 Å². The highest BCUT2D eigenvalue weighted by Crippen LogP contribution is 2.36. The molecule has 0 bridgehead atoms. The molecule has 1 aromatic carbocycles. The van der Waals surface area contributed by atoms with Crippen LogP contribution in [0, 0.1) is 11.3 Å². The van der Waals surface area contributed by atoms with E-state index in [4.69, 9.17) is 10.00 Å². The fourth-order valence-electron chi connectivity index (χ4n) is 3.14. The summed E-state index contributed by atoms with van der Waals surface area (Å²) in [5.74, 6) is -0.840. The van der Waals surface area contributed by atoms with E-state index in [9.17, 15) is 9.59 Å². The molecule has 1 aliphatic rings. The summed E-state index contributed by atoms with van der Waals surface area (Å²) in [6.45, 7) is 0.419. The van der Waals surface area contributed by atoms with Crippen LogP contribution in [-0.4, -0.2) is 30.1 Å². The van der Waals surface area contributed by atoms with Crippen molar-refractivity contribution in [1.82, 2.24) is 4.57 Å². The van der Waals surface area contributed by atoms with Crippen molar-refractivity contribution in [3.8, 4) is 6.07 Å². The second kappa shape index (κ2) is 6.20. The highest BCUT2D eigenvalue weighted by atomic mass is 16.5. The predicted octanol–water partition coefficient (Wildman–Crippen LogP) is 2.20. The minimum Gasteiger partial charge on any atom is -0.469 e. The van der Waals surface area contributed by atoms with E-state index < -0.39 is 0 Å². The van der Waals surface area contributed by atoms with E-state index in [0.717, 1.165) is 5.56 Å². The molecular formula is C18H17N3O3.